The number of anilines is 1. The van der Waals surface area contributed by atoms with Gasteiger partial charge >= 0.3 is 0 Å². The molecule has 3 heterocycles. The number of benzene rings is 2. The highest BCUT2D eigenvalue weighted by atomic mass is 32.2. The third-order valence-electron chi connectivity index (χ3n) is 6.45. The number of nitrogens with zero attached hydrogens (tertiary/aromatic N) is 3. The second-order valence-corrected chi connectivity index (χ2v) is 11.8. The van der Waals surface area contributed by atoms with Crippen LogP contribution in [-0.2, 0) is 14.8 Å². The summed E-state index contributed by atoms with van der Waals surface area (Å²) in [5, 5.41) is 0.600. The van der Waals surface area contributed by atoms with Crippen molar-refractivity contribution in [1.29, 1.82) is 0 Å². The van der Waals surface area contributed by atoms with Gasteiger partial charge in [-0.2, -0.15) is 4.31 Å². The highest BCUT2D eigenvalue weighted by molar-refractivity contribution is 7.89. The molecular formula is C25H29N3O4S2. The molecule has 1 amide bonds. The lowest BCUT2D eigenvalue weighted by molar-refractivity contribution is 0.0917. The number of amides is 1. The normalized spacial score (nSPS) is 19.8. The number of para-hydroxylation sites is 1. The summed E-state index contributed by atoms with van der Waals surface area (Å²) in [5.41, 5.74) is 1.18. The predicted octanol–water partition coefficient (Wildman–Crippen LogP) is 4.69. The molecule has 0 aliphatic carbocycles. The van der Waals surface area contributed by atoms with Gasteiger partial charge < -0.3 is 4.74 Å². The third-order valence-corrected chi connectivity index (χ3v) is 9.41. The second kappa shape index (κ2) is 10.1. The monoisotopic (exact) mass is 499 g/mol. The summed E-state index contributed by atoms with van der Waals surface area (Å²) in [6, 6.07) is 14.2. The largest absolute Gasteiger partial charge is 0.376 e. The Hall–Kier alpha value is -2.33. The molecule has 180 valence electrons. The van der Waals surface area contributed by atoms with E-state index in [2.05, 4.69) is 0 Å². The van der Waals surface area contributed by atoms with Gasteiger partial charge in [0.2, 0.25) is 10.0 Å². The molecule has 0 saturated carbocycles. The van der Waals surface area contributed by atoms with Gasteiger partial charge in [-0.05, 0) is 56.0 Å². The van der Waals surface area contributed by atoms with Gasteiger partial charge in [0, 0.05) is 25.3 Å². The number of hydrogen-bond donors (Lipinski definition) is 0. The van der Waals surface area contributed by atoms with E-state index in [4.69, 9.17) is 9.72 Å². The summed E-state index contributed by atoms with van der Waals surface area (Å²) in [4.78, 5) is 20.3. The SMILES string of the molecule is O=C(c1cccc(S(=O)(=O)N2CCCCCC2)c1)N(CC1CCCO1)c1nc2ccccc2s1. The van der Waals surface area contributed by atoms with Gasteiger partial charge in [0.25, 0.3) is 5.91 Å². The standard InChI is InChI=1S/C25H29N3O4S2/c29-24(19-9-7-11-21(17-19)34(30,31)27-14-5-1-2-6-15-27)28(18-20-10-8-16-32-20)25-26-22-12-3-4-13-23(22)33-25/h3-4,7,9,11-13,17,20H,1-2,5-6,8,10,14-16,18H2. The molecule has 3 aromatic rings. The van der Waals surface area contributed by atoms with Crippen molar-refractivity contribution in [2.24, 2.45) is 0 Å². The van der Waals surface area contributed by atoms with Crippen LogP contribution in [0.1, 0.15) is 48.9 Å². The molecule has 0 bridgehead atoms. The Morgan fingerprint density at radius 2 is 1.85 bits per heavy atom. The van der Waals surface area contributed by atoms with E-state index in [-0.39, 0.29) is 16.9 Å². The number of carbonyl (C=O) groups excluding carboxylic acids is 1. The Labute approximate surface area is 204 Å². The van der Waals surface area contributed by atoms with E-state index in [1.165, 1.54) is 17.4 Å². The summed E-state index contributed by atoms with van der Waals surface area (Å²) in [6.07, 6.45) is 5.62. The van der Waals surface area contributed by atoms with Crippen LogP contribution in [0.4, 0.5) is 5.13 Å². The predicted molar refractivity (Wildman–Crippen MR) is 134 cm³/mol. The first kappa shape index (κ1) is 23.4. The highest BCUT2D eigenvalue weighted by Crippen LogP contribution is 2.31. The van der Waals surface area contributed by atoms with Gasteiger partial charge in [0.1, 0.15) is 0 Å². The van der Waals surface area contributed by atoms with E-state index in [0.29, 0.717) is 36.9 Å². The zero-order chi connectivity index (χ0) is 23.5. The molecule has 2 aliphatic heterocycles. The fourth-order valence-corrected chi connectivity index (χ4v) is 7.13. The van der Waals surface area contributed by atoms with Crippen molar-refractivity contribution < 1.29 is 17.9 Å². The quantitative estimate of drug-likeness (QED) is 0.492. The molecular weight excluding hydrogens is 470 g/mol. The third kappa shape index (κ3) is 4.88. The Morgan fingerprint density at radius 3 is 2.59 bits per heavy atom. The molecule has 34 heavy (non-hydrogen) atoms. The second-order valence-electron chi connectivity index (χ2n) is 8.86. The van der Waals surface area contributed by atoms with Crippen molar-refractivity contribution >= 4 is 42.6 Å². The smallest absolute Gasteiger partial charge is 0.260 e. The van der Waals surface area contributed by atoms with E-state index in [0.717, 1.165) is 48.7 Å². The maximum atomic E-state index is 13.7. The first-order chi connectivity index (χ1) is 16.5. The van der Waals surface area contributed by atoms with Gasteiger partial charge in [-0.15, -0.1) is 0 Å². The van der Waals surface area contributed by atoms with E-state index < -0.39 is 10.0 Å². The molecule has 2 fully saturated rings. The number of aromatic nitrogens is 1. The van der Waals surface area contributed by atoms with Crippen LogP contribution in [0.2, 0.25) is 0 Å². The fourth-order valence-electron chi connectivity index (χ4n) is 4.59. The Bertz CT molecular complexity index is 1230. The van der Waals surface area contributed by atoms with Crippen LogP contribution in [0.25, 0.3) is 10.2 Å². The van der Waals surface area contributed by atoms with Gasteiger partial charge in [0.15, 0.2) is 5.13 Å². The molecule has 0 radical (unpaired) electrons. The molecule has 1 aromatic heterocycles. The summed E-state index contributed by atoms with van der Waals surface area (Å²) >= 11 is 1.46. The molecule has 7 nitrogen and oxygen atoms in total. The van der Waals surface area contributed by atoms with Crippen molar-refractivity contribution in [3.63, 3.8) is 0 Å². The Morgan fingerprint density at radius 1 is 1.06 bits per heavy atom. The number of fused-ring (bicyclic) bond motifs is 1. The van der Waals surface area contributed by atoms with E-state index >= 15 is 0 Å². The number of thiazole rings is 1. The van der Waals surface area contributed by atoms with E-state index in [1.807, 2.05) is 24.3 Å². The maximum absolute atomic E-state index is 13.7. The average Bonchev–Trinajstić information content (AvgIpc) is 3.44. The molecule has 0 spiro atoms. The minimum absolute atomic E-state index is 0.0556. The molecule has 2 saturated heterocycles. The van der Waals surface area contributed by atoms with Crippen LogP contribution in [0, 0.1) is 0 Å². The van der Waals surface area contributed by atoms with Gasteiger partial charge in [0.05, 0.1) is 27.8 Å². The van der Waals surface area contributed by atoms with Gasteiger partial charge in [-0.3, -0.25) is 9.69 Å². The molecule has 1 atom stereocenters. The van der Waals surface area contributed by atoms with Gasteiger partial charge in [-0.25, -0.2) is 13.4 Å². The lowest BCUT2D eigenvalue weighted by Crippen LogP contribution is -2.37. The zero-order valence-corrected chi connectivity index (χ0v) is 20.7. The summed E-state index contributed by atoms with van der Waals surface area (Å²) in [6.45, 7) is 2.13. The lowest BCUT2D eigenvalue weighted by Gasteiger charge is -2.24. The van der Waals surface area contributed by atoms with Crippen LogP contribution in [-0.4, -0.2) is 56.0 Å². The Balaban J connectivity index is 1.47. The average molecular weight is 500 g/mol. The summed E-state index contributed by atoms with van der Waals surface area (Å²) in [5.74, 6) is -0.262. The van der Waals surface area contributed by atoms with Crippen LogP contribution >= 0.6 is 11.3 Å². The van der Waals surface area contributed by atoms with Crippen LogP contribution in [0.3, 0.4) is 0 Å². The van der Waals surface area contributed by atoms with Gasteiger partial charge in [-0.1, -0.05) is 42.4 Å². The van der Waals surface area contributed by atoms with Crippen molar-refractivity contribution in [3.8, 4) is 0 Å². The van der Waals surface area contributed by atoms with Crippen LogP contribution < -0.4 is 4.90 Å². The van der Waals surface area contributed by atoms with Crippen molar-refractivity contribution in [3.05, 3.63) is 54.1 Å². The number of carbonyl (C=O) groups is 1. The molecule has 2 aromatic carbocycles. The van der Waals surface area contributed by atoms with Crippen molar-refractivity contribution in [2.45, 2.75) is 49.5 Å². The molecule has 1 unspecified atom stereocenters. The van der Waals surface area contributed by atoms with Crippen molar-refractivity contribution in [1.82, 2.24) is 9.29 Å². The summed E-state index contributed by atoms with van der Waals surface area (Å²) in [7, 11) is -3.65. The molecule has 9 heteroatoms. The summed E-state index contributed by atoms with van der Waals surface area (Å²) < 4.78 is 35.0. The fraction of sp³-hybridized carbons (Fsp3) is 0.440. The number of sulfonamides is 1. The van der Waals surface area contributed by atoms with E-state index in [9.17, 15) is 13.2 Å². The lowest BCUT2D eigenvalue weighted by atomic mass is 10.2. The van der Waals surface area contributed by atoms with Crippen molar-refractivity contribution in [2.75, 3.05) is 31.1 Å². The topological polar surface area (TPSA) is 79.8 Å². The van der Waals surface area contributed by atoms with Crippen LogP contribution in [0.15, 0.2) is 53.4 Å². The number of hydrogen-bond acceptors (Lipinski definition) is 6. The zero-order valence-electron chi connectivity index (χ0n) is 19.1. The molecule has 0 N–H and O–H groups in total. The maximum Gasteiger partial charge on any atom is 0.260 e. The van der Waals surface area contributed by atoms with E-state index in [1.54, 1.807) is 27.4 Å². The number of rotatable bonds is 6. The first-order valence-electron chi connectivity index (χ1n) is 11.9. The number of ether oxygens (including phenoxy) is 1. The Kier molecular flexibility index (Phi) is 6.96. The minimum atomic E-state index is -3.65. The highest BCUT2D eigenvalue weighted by Gasteiger charge is 2.29. The molecule has 5 rings (SSSR count). The first-order valence-corrected chi connectivity index (χ1v) is 14.2. The minimum Gasteiger partial charge on any atom is -0.376 e. The molecule has 2 aliphatic rings. The van der Waals surface area contributed by atoms with Crippen LogP contribution in [0.5, 0.6) is 0 Å².